The Balaban J connectivity index is 1.22. The highest BCUT2D eigenvalue weighted by molar-refractivity contribution is 6.09. The van der Waals surface area contributed by atoms with E-state index >= 15 is 0 Å². The molecule has 8 rings (SSSR count). The number of hydrogen-bond acceptors (Lipinski definition) is 4. The summed E-state index contributed by atoms with van der Waals surface area (Å²) in [6, 6.07) is 43.0. The summed E-state index contributed by atoms with van der Waals surface area (Å²) < 4.78 is 9.04. The molecule has 5 heteroatoms. The molecule has 0 radical (unpaired) electrons. The third kappa shape index (κ3) is 7.01. The molecule has 0 aliphatic rings. The van der Waals surface area contributed by atoms with Crippen molar-refractivity contribution < 1.29 is 4.74 Å². The van der Waals surface area contributed by atoms with Gasteiger partial charge in [0, 0.05) is 40.4 Å². The number of benzene rings is 6. The van der Waals surface area contributed by atoms with Gasteiger partial charge in [0.15, 0.2) is 0 Å². The van der Waals surface area contributed by atoms with Crippen molar-refractivity contribution in [2.24, 2.45) is 0 Å². The number of rotatable bonds is 8. The van der Waals surface area contributed by atoms with E-state index in [0.29, 0.717) is 0 Å². The largest absolute Gasteiger partial charge is 0.457 e. The van der Waals surface area contributed by atoms with Gasteiger partial charge in [0.2, 0.25) is 0 Å². The van der Waals surface area contributed by atoms with Crippen LogP contribution < -0.4 is 15.4 Å². The number of anilines is 4. The van der Waals surface area contributed by atoms with E-state index < -0.39 is 0 Å². The first-order valence-corrected chi connectivity index (χ1v) is 19.5. The Morgan fingerprint density at radius 2 is 1.12 bits per heavy atom. The predicted molar refractivity (Wildman–Crippen MR) is 237 cm³/mol. The van der Waals surface area contributed by atoms with E-state index in [0.717, 1.165) is 62.0 Å². The van der Waals surface area contributed by atoms with Crippen LogP contribution in [0.25, 0.3) is 38.8 Å². The molecule has 0 aliphatic heterocycles. The van der Waals surface area contributed by atoms with Gasteiger partial charge in [-0.15, -0.1) is 0 Å². The van der Waals surface area contributed by atoms with Gasteiger partial charge in [-0.25, -0.2) is 4.98 Å². The minimum Gasteiger partial charge on any atom is -0.457 e. The standard InChI is InChI=1S/C51H50N4O/c1-31-24-33(3)49(34(4)25-31)42-21-19-38(29-45(42)53-43-15-11-12-16-44(43)54-50-35(5)26-32(2)27-36(50)6)56-39-18-20-41-40-14-10-13-17-46(40)55(47(41)30-39)48-28-37(22-23-52-48)51(7,8)9/h10-30,53-54H,1-9H3. The summed E-state index contributed by atoms with van der Waals surface area (Å²) in [6.45, 7) is 19.7. The van der Waals surface area contributed by atoms with Gasteiger partial charge in [0.25, 0.3) is 0 Å². The molecule has 0 unspecified atom stereocenters. The highest BCUT2D eigenvalue weighted by Gasteiger charge is 2.19. The average molecular weight is 735 g/mol. The number of aromatic nitrogens is 2. The first kappa shape index (κ1) is 36.6. The van der Waals surface area contributed by atoms with Gasteiger partial charge in [0.05, 0.1) is 28.1 Å². The summed E-state index contributed by atoms with van der Waals surface area (Å²) in [5.74, 6) is 2.38. The quantitative estimate of drug-likeness (QED) is 0.163. The molecular weight excluding hydrogens is 685 g/mol. The number of ether oxygens (including phenoxy) is 1. The van der Waals surface area contributed by atoms with E-state index in [1.54, 1.807) is 0 Å². The van der Waals surface area contributed by atoms with E-state index in [1.165, 1.54) is 49.9 Å². The van der Waals surface area contributed by atoms with Crippen molar-refractivity contribution in [3.05, 3.63) is 166 Å². The van der Waals surface area contributed by atoms with Crippen LogP contribution in [-0.2, 0) is 5.41 Å². The van der Waals surface area contributed by atoms with Crippen LogP contribution in [0.15, 0.2) is 128 Å². The fourth-order valence-electron chi connectivity index (χ4n) is 8.28. The fraction of sp³-hybridized carbons (Fsp3) is 0.196. The summed E-state index contributed by atoms with van der Waals surface area (Å²) in [4.78, 5) is 4.87. The first-order valence-electron chi connectivity index (χ1n) is 19.5. The number of nitrogens with one attached hydrogen (secondary N) is 2. The molecule has 0 spiro atoms. The maximum atomic E-state index is 6.78. The number of aryl methyl sites for hydroxylation is 6. The topological polar surface area (TPSA) is 51.1 Å². The van der Waals surface area contributed by atoms with Crippen molar-refractivity contribution in [1.82, 2.24) is 9.55 Å². The van der Waals surface area contributed by atoms with Crippen molar-refractivity contribution >= 4 is 44.6 Å². The average Bonchev–Trinajstić information content (AvgIpc) is 3.47. The van der Waals surface area contributed by atoms with E-state index in [4.69, 9.17) is 9.72 Å². The van der Waals surface area contributed by atoms with Crippen molar-refractivity contribution in [2.45, 2.75) is 67.7 Å². The molecule has 2 N–H and O–H groups in total. The van der Waals surface area contributed by atoms with Crippen LogP contribution in [0.2, 0.25) is 0 Å². The highest BCUT2D eigenvalue weighted by Crippen LogP contribution is 2.42. The lowest BCUT2D eigenvalue weighted by atomic mass is 9.88. The number of nitrogens with zero attached hydrogens (tertiary/aromatic N) is 2. The molecule has 280 valence electrons. The summed E-state index contributed by atoms with van der Waals surface area (Å²) >= 11 is 0. The molecule has 0 amide bonds. The number of pyridine rings is 1. The molecule has 0 atom stereocenters. The van der Waals surface area contributed by atoms with Crippen LogP contribution in [0.3, 0.4) is 0 Å². The van der Waals surface area contributed by atoms with Crippen LogP contribution in [0.5, 0.6) is 11.5 Å². The Kier molecular flexibility index (Phi) is 9.41. The zero-order chi connectivity index (χ0) is 39.3. The van der Waals surface area contributed by atoms with E-state index in [2.05, 4.69) is 199 Å². The van der Waals surface area contributed by atoms with Crippen molar-refractivity contribution in [3.8, 4) is 28.4 Å². The molecule has 6 aromatic carbocycles. The third-order valence-electron chi connectivity index (χ3n) is 10.8. The van der Waals surface area contributed by atoms with Gasteiger partial charge >= 0.3 is 0 Å². The van der Waals surface area contributed by atoms with Crippen LogP contribution in [-0.4, -0.2) is 9.55 Å². The monoisotopic (exact) mass is 734 g/mol. The van der Waals surface area contributed by atoms with Crippen molar-refractivity contribution in [3.63, 3.8) is 0 Å². The number of hydrogen-bond donors (Lipinski definition) is 2. The normalized spacial score (nSPS) is 11.7. The lowest BCUT2D eigenvalue weighted by Gasteiger charge is -2.21. The molecule has 0 saturated heterocycles. The van der Waals surface area contributed by atoms with Gasteiger partial charge in [-0.05, 0) is 135 Å². The third-order valence-corrected chi connectivity index (χ3v) is 10.8. The van der Waals surface area contributed by atoms with Crippen molar-refractivity contribution in [1.29, 1.82) is 0 Å². The van der Waals surface area contributed by atoms with E-state index in [9.17, 15) is 0 Å². The second-order valence-electron chi connectivity index (χ2n) is 16.3. The fourth-order valence-corrected chi connectivity index (χ4v) is 8.28. The van der Waals surface area contributed by atoms with Gasteiger partial charge in [0.1, 0.15) is 17.3 Å². The molecule has 0 saturated carbocycles. The minimum absolute atomic E-state index is 0.00653. The van der Waals surface area contributed by atoms with Crippen LogP contribution in [0, 0.1) is 41.5 Å². The number of fused-ring (bicyclic) bond motifs is 3. The van der Waals surface area contributed by atoms with Crippen molar-refractivity contribution in [2.75, 3.05) is 10.6 Å². The lowest BCUT2D eigenvalue weighted by molar-refractivity contribution is 0.483. The zero-order valence-corrected chi connectivity index (χ0v) is 33.9. The van der Waals surface area contributed by atoms with Crippen LogP contribution >= 0.6 is 0 Å². The van der Waals surface area contributed by atoms with Gasteiger partial charge in [-0.3, -0.25) is 4.57 Å². The number of para-hydroxylation sites is 3. The van der Waals surface area contributed by atoms with Crippen LogP contribution in [0.4, 0.5) is 22.7 Å². The molecule has 0 fully saturated rings. The Labute approximate surface area is 331 Å². The summed E-state index contributed by atoms with van der Waals surface area (Å²) in [6.07, 6.45) is 1.92. The molecular formula is C51H50N4O. The molecule has 5 nitrogen and oxygen atoms in total. The summed E-state index contributed by atoms with van der Waals surface area (Å²) in [5.41, 5.74) is 17.2. The summed E-state index contributed by atoms with van der Waals surface area (Å²) in [5, 5.41) is 9.94. The Morgan fingerprint density at radius 1 is 0.536 bits per heavy atom. The van der Waals surface area contributed by atoms with E-state index in [-0.39, 0.29) is 5.41 Å². The summed E-state index contributed by atoms with van der Waals surface area (Å²) in [7, 11) is 0. The predicted octanol–water partition coefficient (Wildman–Crippen LogP) is 14.3. The molecule has 2 aromatic heterocycles. The SMILES string of the molecule is Cc1cc(C)c(Nc2ccccc2Nc2cc(Oc3ccc4c5ccccc5n(-c5cc(C(C)(C)C)ccn5)c4c3)ccc2-c2c(C)cc(C)cc2C)c(C)c1. The zero-order valence-electron chi connectivity index (χ0n) is 33.9. The smallest absolute Gasteiger partial charge is 0.137 e. The Hall–Kier alpha value is -6.33. The van der Waals surface area contributed by atoms with Gasteiger partial charge in [-0.2, -0.15) is 0 Å². The second-order valence-corrected chi connectivity index (χ2v) is 16.3. The Bertz CT molecular complexity index is 2740. The van der Waals surface area contributed by atoms with Crippen LogP contribution in [0.1, 0.15) is 59.7 Å². The van der Waals surface area contributed by atoms with E-state index in [1.807, 2.05) is 6.20 Å². The maximum Gasteiger partial charge on any atom is 0.137 e. The minimum atomic E-state index is -0.00653. The molecule has 56 heavy (non-hydrogen) atoms. The second kappa shape index (κ2) is 14.4. The molecule has 8 aromatic rings. The maximum absolute atomic E-state index is 6.78. The highest BCUT2D eigenvalue weighted by atomic mass is 16.5. The van der Waals surface area contributed by atoms with Gasteiger partial charge < -0.3 is 15.4 Å². The molecule has 0 aliphatic carbocycles. The first-order chi connectivity index (χ1) is 26.8. The molecule has 0 bridgehead atoms. The lowest BCUT2D eigenvalue weighted by Crippen LogP contribution is -2.12. The van der Waals surface area contributed by atoms with Gasteiger partial charge in [-0.1, -0.05) is 86.5 Å². The molecule has 2 heterocycles. The Morgan fingerprint density at radius 3 is 1.82 bits per heavy atom.